The van der Waals surface area contributed by atoms with Crippen LogP contribution in [0.15, 0.2) is 24.3 Å². The quantitative estimate of drug-likeness (QED) is 0.813. The Morgan fingerprint density at radius 1 is 1.15 bits per heavy atom. The molecule has 0 fully saturated rings. The summed E-state index contributed by atoms with van der Waals surface area (Å²) in [5.41, 5.74) is -0.00613. The minimum Gasteiger partial charge on any atom is -0.491 e. The van der Waals surface area contributed by atoms with Gasteiger partial charge in [0.2, 0.25) is 0 Å². The molecule has 112 valence electrons. The Bertz CT molecular complexity index is 440. The predicted molar refractivity (Wildman–Crippen MR) is 79.8 cm³/mol. The lowest BCUT2D eigenvalue weighted by Crippen LogP contribution is -2.50. The minimum absolute atomic E-state index is 0.127. The SMILES string of the molecule is COC(=O)C(C)(NC(C)C)c1ccc(OC(C)C)cc1. The number of rotatable bonds is 6. The Balaban J connectivity index is 3.05. The number of esters is 1. The number of hydrogen-bond acceptors (Lipinski definition) is 4. The summed E-state index contributed by atoms with van der Waals surface area (Å²) in [6.07, 6.45) is 0.127. The van der Waals surface area contributed by atoms with Crippen molar-refractivity contribution < 1.29 is 14.3 Å². The third kappa shape index (κ3) is 3.97. The van der Waals surface area contributed by atoms with E-state index < -0.39 is 5.54 Å². The van der Waals surface area contributed by atoms with Crippen LogP contribution in [-0.2, 0) is 15.1 Å². The van der Waals surface area contributed by atoms with E-state index in [4.69, 9.17) is 9.47 Å². The molecule has 20 heavy (non-hydrogen) atoms. The van der Waals surface area contributed by atoms with Crippen LogP contribution < -0.4 is 10.1 Å². The normalized spacial score (nSPS) is 14.2. The van der Waals surface area contributed by atoms with E-state index in [0.29, 0.717) is 0 Å². The lowest BCUT2D eigenvalue weighted by molar-refractivity contribution is -0.148. The highest BCUT2D eigenvalue weighted by Gasteiger charge is 2.36. The van der Waals surface area contributed by atoms with Crippen LogP contribution in [0.4, 0.5) is 0 Å². The zero-order valence-corrected chi connectivity index (χ0v) is 13.2. The number of hydrogen-bond donors (Lipinski definition) is 1. The van der Waals surface area contributed by atoms with Crippen LogP contribution in [0.1, 0.15) is 40.2 Å². The van der Waals surface area contributed by atoms with Gasteiger partial charge >= 0.3 is 5.97 Å². The monoisotopic (exact) mass is 279 g/mol. The zero-order valence-electron chi connectivity index (χ0n) is 13.2. The molecular weight excluding hydrogens is 254 g/mol. The lowest BCUT2D eigenvalue weighted by atomic mass is 9.91. The molecular formula is C16H25NO3. The van der Waals surface area contributed by atoms with Gasteiger partial charge in [0.1, 0.15) is 11.3 Å². The second kappa shape index (κ2) is 6.75. The lowest BCUT2D eigenvalue weighted by Gasteiger charge is -2.30. The second-order valence-electron chi connectivity index (χ2n) is 5.61. The molecule has 1 aromatic rings. The van der Waals surface area contributed by atoms with Crippen LogP contribution in [0.2, 0.25) is 0 Å². The van der Waals surface area contributed by atoms with Crippen molar-refractivity contribution in [2.75, 3.05) is 7.11 Å². The first kappa shape index (κ1) is 16.5. The summed E-state index contributed by atoms with van der Waals surface area (Å²) in [5, 5.41) is 3.27. The van der Waals surface area contributed by atoms with Gasteiger partial charge in [-0.25, -0.2) is 4.79 Å². The summed E-state index contributed by atoms with van der Waals surface area (Å²) in [6, 6.07) is 7.69. The van der Waals surface area contributed by atoms with Gasteiger partial charge in [-0.05, 0) is 52.3 Å². The van der Waals surface area contributed by atoms with Crippen molar-refractivity contribution in [3.8, 4) is 5.75 Å². The van der Waals surface area contributed by atoms with Crippen LogP contribution in [0.3, 0.4) is 0 Å². The molecule has 4 heteroatoms. The largest absolute Gasteiger partial charge is 0.491 e. The van der Waals surface area contributed by atoms with Gasteiger partial charge in [-0.1, -0.05) is 12.1 Å². The molecule has 4 nitrogen and oxygen atoms in total. The standard InChI is InChI=1S/C16H25NO3/c1-11(2)17-16(5,15(18)19-6)13-7-9-14(10-8-13)20-12(3)4/h7-12,17H,1-6H3. The third-order valence-electron chi connectivity index (χ3n) is 2.97. The average Bonchev–Trinajstić information content (AvgIpc) is 2.36. The van der Waals surface area contributed by atoms with Crippen molar-refractivity contribution >= 4 is 5.97 Å². The van der Waals surface area contributed by atoms with Gasteiger partial charge in [-0.3, -0.25) is 5.32 Å². The molecule has 0 bridgehead atoms. The van der Waals surface area contributed by atoms with E-state index in [1.54, 1.807) is 0 Å². The van der Waals surface area contributed by atoms with E-state index in [0.717, 1.165) is 11.3 Å². The van der Waals surface area contributed by atoms with E-state index >= 15 is 0 Å². The molecule has 1 unspecified atom stereocenters. The third-order valence-corrected chi connectivity index (χ3v) is 2.97. The van der Waals surface area contributed by atoms with Gasteiger partial charge in [0.05, 0.1) is 13.2 Å². The Morgan fingerprint density at radius 2 is 1.70 bits per heavy atom. The van der Waals surface area contributed by atoms with E-state index in [9.17, 15) is 4.79 Å². The summed E-state index contributed by atoms with van der Waals surface area (Å²) < 4.78 is 10.5. The molecule has 0 aromatic heterocycles. The highest BCUT2D eigenvalue weighted by atomic mass is 16.5. The molecule has 1 atom stereocenters. The van der Waals surface area contributed by atoms with E-state index in [-0.39, 0.29) is 18.1 Å². The Morgan fingerprint density at radius 3 is 2.10 bits per heavy atom. The van der Waals surface area contributed by atoms with Gasteiger partial charge in [0.15, 0.2) is 0 Å². The molecule has 0 aliphatic heterocycles. The van der Waals surface area contributed by atoms with E-state index in [1.165, 1.54) is 7.11 Å². The topological polar surface area (TPSA) is 47.6 Å². The summed E-state index contributed by atoms with van der Waals surface area (Å²) in [5.74, 6) is 0.490. The highest BCUT2D eigenvalue weighted by molar-refractivity contribution is 5.82. The van der Waals surface area contributed by atoms with Crippen LogP contribution >= 0.6 is 0 Å². The van der Waals surface area contributed by atoms with Crippen molar-refractivity contribution in [3.63, 3.8) is 0 Å². The Hall–Kier alpha value is -1.55. The van der Waals surface area contributed by atoms with E-state index in [2.05, 4.69) is 5.32 Å². The number of nitrogens with one attached hydrogen (secondary N) is 1. The van der Waals surface area contributed by atoms with Crippen molar-refractivity contribution in [1.82, 2.24) is 5.32 Å². The highest BCUT2D eigenvalue weighted by Crippen LogP contribution is 2.25. The predicted octanol–water partition coefficient (Wildman–Crippen LogP) is 2.86. The number of benzene rings is 1. The zero-order chi connectivity index (χ0) is 15.3. The molecule has 1 N–H and O–H groups in total. The number of carbonyl (C=O) groups excluding carboxylic acids is 1. The fourth-order valence-electron chi connectivity index (χ4n) is 2.18. The maximum Gasteiger partial charge on any atom is 0.330 e. The van der Waals surface area contributed by atoms with Crippen molar-refractivity contribution in [2.45, 2.75) is 52.3 Å². The van der Waals surface area contributed by atoms with Crippen LogP contribution in [0.25, 0.3) is 0 Å². The molecule has 0 aliphatic carbocycles. The number of carbonyl (C=O) groups is 1. The fraction of sp³-hybridized carbons (Fsp3) is 0.562. The summed E-state index contributed by atoms with van der Waals surface area (Å²) in [4.78, 5) is 12.1. The molecule has 0 heterocycles. The molecule has 0 aliphatic rings. The number of ether oxygens (including phenoxy) is 2. The molecule has 0 amide bonds. The van der Waals surface area contributed by atoms with Crippen LogP contribution in [0, 0.1) is 0 Å². The van der Waals surface area contributed by atoms with Crippen molar-refractivity contribution in [1.29, 1.82) is 0 Å². The molecule has 1 rings (SSSR count). The Kier molecular flexibility index (Phi) is 5.57. The minimum atomic E-state index is -0.862. The first-order valence-electron chi connectivity index (χ1n) is 6.93. The Labute approximate surface area is 121 Å². The maximum atomic E-state index is 12.1. The van der Waals surface area contributed by atoms with Gasteiger partial charge < -0.3 is 9.47 Å². The molecule has 0 saturated heterocycles. The maximum absolute atomic E-state index is 12.1. The fourth-order valence-corrected chi connectivity index (χ4v) is 2.18. The van der Waals surface area contributed by atoms with Gasteiger partial charge in [-0.15, -0.1) is 0 Å². The second-order valence-corrected chi connectivity index (χ2v) is 5.61. The molecule has 0 saturated carbocycles. The smallest absolute Gasteiger partial charge is 0.330 e. The molecule has 0 radical (unpaired) electrons. The summed E-state index contributed by atoms with van der Waals surface area (Å²) in [6.45, 7) is 9.78. The van der Waals surface area contributed by atoms with Crippen molar-refractivity contribution in [2.24, 2.45) is 0 Å². The van der Waals surface area contributed by atoms with Gasteiger partial charge in [0, 0.05) is 6.04 Å². The first-order chi connectivity index (χ1) is 9.29. The number of methoxy groups -OCH3 is 1. The van der Waals surface area contributed by atoms with Gasteiger partial charge in [-0.2, -0.15) is 0 Å². The van der Waals surface area contributed by atoms with E-state index in [1.807, 2.05) is 58.9 Å². The summed E-state index contributed by atoms with van der Waals surface area (Å²) >= 11 is 0. The molecule has 0 spiro atoms. The van der Waals surface area contributed by atoms with Crippen LogP contribution in [-0.4, -0.2) is 25.2 Å². The van der Waals surface area contributed by atoms with Gasteiger partial charge in [0.25, 0.3) is 0 Å². The van der Waals surface area contributed by atoms with Crippen molar-refractivity contribution in [3.05, 3.63) is 29.8 Å². The average molecular weight is 279 g/mol. The summed E-state index contributed by atoms with van der Waals surface area (Å²) in [7, 11) is 1.40. The first-order valence-corrected chi connectivity index (χ1v) is 6.93. The molecule has 1 aromatic carbocycles. The van der Waals surface area contributed by atoms with Crippen LogP contribution in [0.5, 0.6) is 5.75 Å².